The summed E-state index contributed by atoms with van der Waals surface area (Å²) in [6.45, 7) is 4.63. The summed E-state index contributed by atoms with van der Waals surface area (Å²) in [5, 5.41) is 0. The molecule has 0 aliphatic heterocycles. The van der Waals surface area contributed by atoms with Crippen LogP contribution in [0.15, 0.2) is 18.2 Å². The summed E-state index contributed by atoms with van der Waals surface area (Å²) in [7, 11) is 1.56. The quantitative estimate of drug-likeness (QED) is 0.516. The number of halogens is 1. The standard InChI is InChI=1S/C15H20INO4/c1-4-21-14(18)10-17(7-8-20-3)15(19)12-5-6-13(16)11(2)9-12/h5-6,9H,4,7-8,10H2,1-3H3. The minimum Gasteiger partial charge on any atom is -0.465 e. The van der Waals surface area contributed by atoms with Crippen LogP contribution >= 0.6 is 22.6 Å². The number of amides is 1. The summed E-state index contributed by atoms with van der Waals surface area (Å²) in [6, 6.07) is 5.49. The van der Waals surface area contributed by atoms with Crippen LogP contribution in [0.5, 0.6) is 0 Å². The van der Waals surface area contributed by atoms with Crippen LogP contribution in [0.3, 0.4) is 0 Å². The van der Waals surface area contributed by atoms with Gasteiger partial charge in [0.1, 0.15) is 6.54 Å². The van der Waals surface area contributed by atoms with E-state index in [1.165, 1.54) is 4.90 Å². The van der Waals surface area contributed by atoms with E-state index in [0.717, 1.165) is 9.13 Å². The van der Waals surface area contributed by atoms with Gasteiger partial charge in [0, 0.05) is 22.8 Å². The molecule has 21 heavy (non-hydrogen) atoms. The van der Waals surface area contributed by atoms with Gasteiger partial charge in [-0.1, -0.05) is 0 Å². The zero-order chi connectivity index (χ0) is 15.8. The Bertz CT molecular complexity index is 504. The highest BCUT2D eigenvalue weighted by molar-refractivity contribution is 14.1. The smallest absolute Gasteiger partial charge is 0.325 e. The molecule has 1 rings (SSSR count). The molecule has 0 unspecified atom stereocenters. The number of methoxy groups -OCH3 is 1. The summed E-state index contributed by atoms with van der Waals surface area (Å²) in [5.41, 5.74) is 1.59. The number of aryl methyl sites for hydroxylation is 1. The third-order valence-corrected chi connectivity index (χ3v) is 4.09. The number of nitrogens with zero attached hydrogens (tertiary/aromatic N) is 1. The van der Waals surface area contributed by atoms with Crippen molar-refractivity contribution in [3.63, 3.8) is 0 Å². The number of carbonyl (C=O) groups is 2. The van der Waals surface area contributed by atoms with Gasteiger partial charge < -0.3 is 14.4 Å². The molecule has 0 atom stereocenters. The van der Waals surface area contributed by atoms with Gasteiger partial charge in [0.2, 0.25) is 0 Å². The molecule has 0 bridgehead atoms. The Morgan fingerprint density at radius 1 is 1.33 bits per heavy atom. The molecule has 0 saturated carbocycles. The summed E-state index contributed by atoms with van der Waals surface area (Å²) < 4.78 is 11.0. The van der Waals surface area contributed by atoms with Crippen LogP contribution in [0.25, 0.3) is 0 Å². The first kappa shape index (κ1) is 17.9. The number of carbonyl (C=O) groups excluding carboxylic acids is 2. The van der Waals surface area contributed by atoms with Gasteiger partial charge in [0.15, 0.2) is 0 Å². The average Bonchev–Trinajstić information content (AvgIpc) is 2.46. The number of esters is 1. The largest absolute Gasteiger partial charge is 0.465 e. The first-order valence-electron chi connectivity index (χ1n) is 6.69. The molecule has 0 fully saturated rings. The lowest BCUT2D eigenvalue weighted by Crippen LogP contribution is -2.38. The summed E-state index contributed by atoms with van der Waals surface area (Å²) >= 11 is 2.22. The maximum absolute atomic E-state index is 12.5. The fourth-order valence-corrected chi connectivity index (χ4v) is 2.11. The lowest BCUT2D eigenvalue weighted by Gasteiger charge is -2.21. The molecule has 6 heteroatoms. The molecule has 0 aliphatic rings. The summed E-state index contributed by atoms with van der Waals surface area (Å²) in [4.78, 5) is 25.6. The first-order valence-corrected chi connectivity index (χ1v) is 7.77. The van der Waals surface area contributed by atoms with E-state index in [-0.39, 0.29) is 12.5 Å². The van der Waals surface area contributed by atoms with Crippen molar-refractivity contribution >= 4 is 34.5 Å². The lowest BCUT2D eigenvalue weighted by molar-refractivity contribution is -0.143. The van der Waals surface area contributed by atoms with E-state index < -0.39 is 5.97 Å². The van der Waals surface area contributed by atoms with Crippen molar-refractivity contribution in [3.8, 4) is 0 Å². The number of rotatable bonds is 7. The summed E-state index contributed by atoms with van der Waals surface area (Å²) in [6.07, 6.45) is 0. The Morgan fingerprint density at radius 2 is 2.05 bits per heavy atom. The van der Waals surface area contributed by atoms with Crippen molar-refractivity contribution in [2.45, 2.75) is 13.8 Å². The molecular formula is C15H20INO4. The average molecular weight is 405 g/mol. The van der Waals surface area contributed by atoms with Gasteiger partial charge in [-0.05, 0) is 60.2 Å². The third-order valence-electron chi connectivity index (χ3n) is 2.88. The topological polar surface area (TPSA) is 55.8 Å². The second kappa shape index (κ2) is 8.99. The minimum absolute atomic E-state index is 0.0684. The van der Waals surface area contributed by atoms with Gasteiger partial charge in [0.25, 0.3) is 5.91 Å². The van der Waals surface area contributed by atoms with Crippen molar-refractivity contribution in [1.29, 1.82) is 0 Å². The van der Waals surface area contributed by atoms with E-state index in [1.54, 1.807) is 20.1 Å². The zero-order valence-corrected chi connectivity index (χ0v) is 14.7. The molecule has 0 N–H and O–H groups in total. The van der Waals surface area contributed by atoms with Crippen molar-refractivity contribution in [3.05, 3.63) is 32.9 Å². The van der Waals surface area contributed by atoms with Crippen LogP contribution in [0.1, 0.15) is 22.8 Å². The van der Waals surface area contributed by atoms with Crippen LogP contribution in [-0.4, -0.2) is 50.2 Å². The number of ether oxygens (including phenoxy) is 2. The van der Waals surface area contributed by atoms with Crippen LogP contribution < -0.4 is 0 Å². The van der Waals surface area contributed by atoms with Crippen molar-refractivity contribution in [2.24, 2.45) is 0 Å². The molecule has 0 saturated heterocycles. The molecule has 1 aromatic carbocycles. The molecule has 0 heterocycles. The molecule has 1 amide bonds. The van der Waals surface area contributed by atoms with Crippen LogP contribution in [0.4, 0.5) is 0 Å². The molecule has 0 aliphatic carbocycles. The van der Waals surface area contributed by atoms with Gasteiger partial charge in [0.05, 0.1) is 13.2 Å². The van der Waals surface area contributed by atoms with E-state index in [9.17, 15) is 9.59 Å². The Kier molecular flexibility index (Phi) is 7.66. The van der Waals surface area contributed by atoms with Gasteiger partial charge in [-0.2, -0.15) is 0 Å². The second-order valence-electron chi connectivity index (χ2n) is 4.49. The van der Waals surface area contributed by atoms with Crippen molar-refractivity contribution in [1.82, 2.24) is 4.90 Å². The monoisotopic (exact) mass is 405 g/mol. The molecule has 0 radical (unpaired) electrons. The Balaban J connectivity index is 2.87. The summed E-state index contributed by atoms with van der Waals surface area (Å²) in [5.74, 6) is -0.608. The fraction of sp³-hybridized carbons (Fsp3) is 0.467. The Labute approximate surface area is 138 Å². The SMILES string of the molecule is CCOC(=O)CN(CCOC)C(=O)c1ccc(I)c(C)c1. The zero-order valence-electron chi connectivity index (χ0n) is 12.5. The van der Waals surface area contributed by atoms with Gasteiger partial charge in [-0.25, -0.2) is 0 Å². The highest BCUT2D eigenvalue weighted by atomic mass is 127. The highest BCUT2D eigenvalue weighted by Crippen LogP contribution is 2.15. The molecule has 116 valence electrons. The van der Waals surface area contributed by atoms with E-state index >= 15 is 0 Å². The highest BCUT2D eigenvalue weighted by Gasteiger charge is 2.19. The van der Waals surface area contributed by atoms with Crippen LogP contribution in [0.2, 0.25) is 0 Å². The third kappa shape index (κ3) is 5.62. The molecule has 1 aromatic rings. The lowest BCUT2D eigenvalue weighted by atomic mass is 10.1. The molecular weight excluding hydrogens is 385 g/mol. The maximum Gasteiger partial charge on any atom is 0.325 e. The maximum atomic E-state index is 12.5. The van der Waals surface area contributed by atoms with Crippen molar-refractivity contribution < 1.29 is 19.1 Å². The Morgan fingerprint density at radius 3 is 2.62 bits per heavy atom. The van der Waals surface area contributed by atoms with Crippen molar-refractivity contribution in [2.75, 3.05) is 33.4 Å². The van der Waals surface area contributed by atoms with Crippen LogP contribution in [-0.2, 0) is 14.3 Å². The second-order valence-corrected chi connectivity index (χ2v) is 5.65. The van der Waals surface area contributed by atoms with Gasteiger partial charge in [-0.3, -0.25) is 9.59 Å². The van der Waals surface area contributed by atoms with Gasteiger partial charge in [-0.15, -0.1) is 0 Å². The van der Waals surface area contributed by atoms with Crippen LogP contribution in [0, 0.1) is 10.5 Å². The molecule has 5 nitrogen and oxygen atoms in total. The molecule has 0 aromatic heterocycles. The first-order chi connectivity index (χ1) is 9.99. The van der Waals surface area contributed by atoms with E-state index in [1.807, 2.05) is 19.1 Å². The van der Waals surface area contributed by atoms with E-state index in [4.69, 9.17) is 9.47 Å². The predicted molar refractivity (Wildman–Crippen MR) is 88.3 cm³/mol. The fourth-order valence-electron chi connectivity index (χ4n) is 1.78. The van der Waals surface area contributed by atoms with Gasteiger partial charge >= 0.3 is 5.97 Å². The molecule has 0 spiro atoms. The predicted octanol–water partition coefficient (Wildman–Crippen LogP) is 2.25. The normalized spacial score (nSPS) is 10.3. The Hall–Kier alpha value is -1.15. The van der Waals surface area contributed by atoms with E-state index in [2.05, 4.69) is 22.6 Å². The number of hydrogen-bond acceptors (Lipinski definition) is 4. The number of benzene rings is 1. The minimum atomic E-state index is -0.413. The number of hydrogen-bond donors (Lipinski definition) is 0. The van der Waals surface area contributed by atoms with E-state index in [0.29, 0.717) is 25.3 Å².